The number of benzene rings is 1. The molecule has 15 heavy (non-hydrogen) atoms. The molecule has 1 heterocycles. The Morgan fingerprint density at radius 2 is 2.20 bits per heavy atom. The van der Waals surface area contributed by atoms with Crippen LogP contribution >= 0.6 is 0 Å². The smallest absolute Gasteiger partial charge is 0.165 e. The van der Waals surface area contributed by atoms with E-state index < -0.39 is 0 Å². The minimum Gasteiger partial charge on any atom is -0.508 e. The topological polar surface area (TPSA) is 66.6 Å². The predicted molar refractivity (Wildman–Crippen MR) is 59.4 cm³/mol. The van der Waals surface area contributed by atoms with Crippen LogP contribution < -0.4 is 10.6 Å². The SMILES string of the molecule is CN1CCCC(=O)c2cc(O)cc(N)c21. The minimum absolute atomic E-state index is 0.0508. The van der Waals surface area contributed by atoms with Crippen molar-refractivity contribution >= 4 is 17.2 Å². The summed E-state index contributed by atoms with van der Waals surface area (Å²) < 4.78 is 0. The summed E-state index contributed by atoms with van der Waals surface area (Å²) >= 11 is 0. The Morgan fingerprint density at radius 3 is 2.93 bits per heavy atom. The van der Waals surface area contributed by atoms with Gasteiger partial charge in [-0.15, -0.1) is 0 Å². The molecule has 0 fully saturated rings. The second kappa shape index (κ2) is 3.46. The summed E-state index contributed by atoms with van der Waals surface area (Å²) in [5.74, 6) is 0.104. The van der Waals surface area contributed by atoms with Crippen LogP contribution in [0.3, 0.4) is 0 Å². The molecule has 1 aromatic rings. The fourth-order valence-corrected chi connectivity index (χ4v) is 2.00. The number of fused-ring (bicyclic) bond motifs is 1. The van der Waals surface area contributed by atoms with Crippen molar-refractivity contribution in [2.45, 2.75) is 12.8 Å². The molecule has 0 atom stereocenters. The number of carbonyl (C=O) groups excluding carboxylic acids is 1. The van der Waals surface area contributed by atoms with E-state index in [0.29, 0.717) is 17.7 Å². The van der Waals surface area contributed by atoms with Crippen LogP contribution in [0.15, 0.2) is 12.1 Å². The molecule has 0 aliphatic carbocycles. The highest BCUT2D eigenvalue weighted by Gasteiger charge is 2.21. The average Bonchev–Trinajstić information content (AvgIpc) is 2.27. The van der Waals surface area contributed by atoms with Crippen LogP contribution in [0, 0.1) is 0 Å². The van der Waals surface area contributed by atoms with E-state index in [1.807, 2.05) is 11.9 Å². The number of hydrogen-bond acceptors (Lipinski definition) is 4. The molecule has 3 N–H and O–H groups in total. The van der Waals surface area contributed by atoms with Gasteiger partial charge in [0.1, 0.15) is 5.75 Å². The van der Waals surface area contributed by atoms with Crippen LogP contribution in [0.1, 0.15) is 23.2 Å². The molecule has 1 aliphatic rings. The summed E-state index contributed by atoms with van der Waals surface area (Å²) in [4.78, 5) is 13.7. The molecule has 4 nitrogen and oxygen atoms in total. The molecule has 0 aromatic heterocycles. The number of Topliss-reactive ketones (excluding diaryl/α,β-unsaturated/α-hetero) is 1. The number of hydrogen-bond donors (Lipinski definition) is 2. The average molecular weight is 206 g/mol. The van der Waals surface area contributed by atoms with Crippen molar-refractivity contribution in [2.75, 3.05) is 24.2 Å². The maximum absolute atomic E-state index is 11.8. The summed E-state index contributed by atoms with van der Waals surface area (Å²) in [5, 5.41) is 9.41. The van der Waals surface area contributed by atoms with Gasteiger partial charge < -0.3 is 15.7 Å². The zero-order chi connectivity index (χ0) is 11.0. The van der Waals surface area contributed by atoms with Crippen molar-refractivity contribution in [2.24, 2.45) is 0 Å². The first-order chi connectivity index (χ1) is 7.09. The van der Waals surface area contributed by atoms with Gasteiger partial charge in [0.25, 0.3) is 0 Å². The molecular formula is C11H14N2O2. The molecule has 4 heteroatoms. The number of ketones is 1. The van der Waals surface area contributed by atoms with Crippen molar-refractivity contribution in [1.82, 2.24) is 0 Å². The summed E-state index contributed by atoms with van der Waals surface area (Å²) in [5.41, 5.74) is 7.55. The van der Waals surface area contributed by atoms with Crippen LogP contribution in [0.4, 0.5) is 11.4 Å². The third-order valence-electron chi connectivity index (χ3n) is 2.70. The number of nitrogens with zero attached hydrogens (tertiary/aromatic N) is 1. The Balaban J connectivity index is 2.64. The molecule has 2 rings (SSSR count). The first kappa shape index (κ1) is 9.83. The van der Waals surface area contributed by atoms with Gasteiger partial charge in [-0.1, -0.05) is 0 Å². The molecule has 0 spiro atoms. The molecule has 0 unspecified atom stereocenters. The molecule has 1 aromatic carbocycles. The molecule has 0 bridgehead atoms. The number of aromatic hydroxyl groups is 1. The van der Waals surface area contributed by atoms with E-state index in [2.05, 4.69) is 0 Å². The summed E-state index contributed by atoms with van der Waals surface area (Å²) in [6, 6.07) is 2.98. The fraction of sp³-hybridized carbons (Fsp3) is 0.364. The lowest BCUT2D eigenvalue weighted by atomic mass is 10.0. The Morgan fingerprint density at radius 1 is 1.47 bits per heavy atom. The highest BCUT2D eigenvalue weighted by Crippen LogP contribution is 2.34. The Labute approximate surface area is 88.3 Å². The number of phenolic OH excluding ortho intramolecular Hbond substituents is 1. The van der Waals surface area contributed by atoms with Gasteiger partial charge in [0.15, 0.2) is 5.78 Å². The van der Waals surface area contributed by atoms with E-state index in [-0.39, 0.29) is 11.5 Å². The van der Waals surface area contributed by atoms with Crippen LogP contribution in [0.2, 0.25) is 0 Å². The van der Waals surface area contributed by atoms with Crippen molar-refractivity contribution in [1.29, 1.82) is 0 Å². The standard InChI is InChI=1S/C11H14N2O2/c1-13-4-2-3-10(15)8-5-7(14)6-9(12)11(8)13/h5-6,14H,2-4,12H2,1H3. The van der Waals surface area contributed by atoms with E-state index in [0.717, 1.165) is 18.7 Å². The van der Waals surface area contributed by atoms with E-state index in [1.54, 1.807) is 0 Å². The second-order valence-electron chi connectivity index (χ2n) is 3.88. The maximum atomic E-state index is 11.8. The zero-order valence-electron chi connectivity index (χ0n) is 8.66. The number of anilines is 2. The summed E-state index contributed by atoms with van der Waals surface area (Å²) in [6.45, 7) is 0.813. The van der Waals surface area contributed by atoms with Crippen LogP contribution in [-0.2, 0) is 0 Å². The Bertz CT molecular complexity index is 415. The highest BCUT2D eigenvalue weighted by atomic mass is 16.3. The Hall–Kier alpha value is -1.71. The molecule has 80 valence electrons. The third kappa shape index (κ3) is 1.63. The van der Waals surface area contributed by atoms with Crippen molar-refractivity contribution in [3.8, 4) is 5.75 Å². The van der Waals surface area contributed by atoms with Crippen molar-refractivity contribution < 1.29 is 9.90 Å². The number of carbonyl (C=O) groups is 1. The quantitative estimate of drug-likeness (QED) is 0.629. The lowest BCUT2D eigenvalue weighted by molar-refractivity contribution is 0.0983. The van der Waals surface area contributed by atoms with Crippen molar-refractivity contribution in [3.05, 3.63) is 17.7 Å². The second-order valence-corrected chi connectivity index (χ2v) is 3.88. The van der Waals surface area contributed by atoms with Gasteiger partial charge in [-0.05, 0) is 12.5 Å². The van der Waals surface area contributed by atoms with Gasteiger partial charge in [-0.2, -0.15) is 0 Å². The number of phenols is 1. The van der Waals surface area contributed by atoms with Crippen LogP contribution in [0.5, 0.6) is 5.75 Å². The molecule has 0 saturated carbocycles. The van der Waals surface area contributed by atoms with Crippen molar-refractivity contribution in [3.63, 3.8) is 0 Å². The normalized spacial score (nSPS) is 16.1. The van der Waals surface area contributed by atoms with Gasteiger partial charge in [-0.25, -0.2) is 0 Å². The lowest BCUT2D eigenvalue weighted by Gasteiger charge is -2.20. The highest BCUT2D eigenvalue weighted by molar-refractivity contribution is 6.04. The van der Waals surface area contributed by atoms with E-state index in [1.165, 1.54) is 12.1 Å². The van der Waals surface area contributed by atoms with Gasteiger partial charge in [-0.3, -0.25) is 4.79 Å². The Kier molecular flexibility index (Phi) is 2.26. The first-order valence-corrected chi connectivity index (χ1v) is 4.96. The van der Waals surface area contributed by atoms with Gasteiger partial charge in [0.2, 0.25) is 0 Å². The summed E-state index contributed by atoms with van der Waals surface area (Å²) in [7, 11) is 1.91. The number of rotatable bonds is 0. The van der Waals surface area contributed by atoms with Crippen LogP contribution in [0.25, 0.3) is 0 Å². The van der Waals surface area contributed by atoms with Gasteiger partial charge in [0.05, 0.1) is 11.4 Å². The molecule has 0 radical (unpaired) electrons. The first-order valence-electron chi connectivity index (χ1n) is 4.96. The molecular weight excluding hydrogens is 192 g/mol. The van der Waals surface area contributed by atoms with E-state index >= 15 is 0 Å². The largest absolute Gasteiger partial charge is 0.508 e. The zero-order valence-corrected chi connectivity index (χ0v) is 8.66. The number of nitrogen functional groups attached to an aromatic ring is 1. The summed E-state index contributed by atoms with van der Waals surface area (Å²) in [6.07, 6.45) is 1.34. The third-order valence-corrected chi connectivity index (χ3v) is 2.70. The van der Waals surface area contributed by atoms with Crippen LogP contribution in [-0.4, -0.2) is 24.5 Å². The molecule has 0 saturated heterocycles. The van der Waals surface area contributed by atoms with E-state index in [4.69, 9.17) is 5.73 Å². The lowest BCUT2D eigenvalue weighted by Crippen LogP contribution is -2.19. The molecule has 1 aliphatic heterocycles. The fourth-order valence-electron chi connectivity index (χ4n) is 2.00. The van der Waals surface area contributed by atoms with Gasteiger partial charge >= 0.3 is 0 Å². The maximum Gasteiger partial charge on any atom is 0.165 e. The molecule has 0 amide bonds. The monoisotopic (exact) mass is 206 g/mol. The number of nitrogens with two attached hydrogens (primary N) is 1. The van der Waals surface area contributed by atoms with Gasteiger partial charge in [0, 0.05) is 31.6 Å². The van der Waals surface area contributed by atoms with E-state index in [9.17, 15) is 9.90 Å². The predicted octanol–water partition coefficient (Wildman–Crippen LogP) is 1.39. The minimum atomic E-state index is 0.0508.